The number of rotatable bonds is 2. The fraction of sp³-hybridized carbons (Fsp3) is 0.333. The quantitative estimate of drug-likeness (QED) is 0.782. The average Bonchev–Trinajstić information content (AvgIpc) is 2.08. The van der Waals surface area contributed by atoms with Crippen LogP contribution in [-0.2, 0) is 0 Å². The molecule has 2 nitrogen and oxygen atoms in total. The van der Waals surface area contributed by atoms with Crippen molar-refractivity contribution in [3.8, 4) is 0 Å². The Balaban J connectivity index is 0. The van der Waals surface area contributed by atoms with Gasteiger partial charge < -0.3 is 11.5 Å². The second-order valence-electron chi connectivity index (χ2n) is 2.79. The number of anilines is 1. The molecule has 0 aliphatic heterocycles. The molecule has 1 atom stereocenters. The Hall–Kier alpha value is -0.510. The van der Waals surface area contributed by atoms with Crippen molar-refractivity contribution in [2.75, 3.05) is 5.73 Å². The van der Waals surface area contributed by atoms with Crippen molar-refractivity contribution in [1.29, 1.82) is 0 Å². The zero-order valence-corrected chi connectivity index (χ0v) is 9.50. The molecule has 0 saturated heterocycles. The Labute approximate surface area is 95.7 Å². The van der Waals surface area contributed by atoms with Crippen molar-refractivity contribution in [2.45, 2.75) is 19.4 Å². The van der Waals surface area contributed by atoms with Gasteiger partial charge in [-0.15, -0.1) is 24.8 Å². The molecule has 1 rings (SSSR count). The summed E-state index contributed by atoms with van der Waals surface area (Å²) in [5, 5.41) is 0. The zero-order valence-electron chi connectivity index (χ0n) is 7.87. The molecule has 0 aliphatic rings. The maximum Gasteiger partial charge on any atom is 0.123 e. The third-order valence-corrected chi connectivity index (χ3v) is 1.89. The van der Waals surface area contributed by atoms with Crippen LogP contribution >= 0.6 is 24.8 Å². The summed E-state index contributed by atoms with van der Waals surface area (Å²) in [6.07, 6.45) is 0.758. The molecule has 0 bridgehead atoms. The van der Waals surface area contributed by atoms with E-state index in [-0.39, 0.29) is 36.7 Å². The van der Waals surface area contributed by atoms with Gasteiger partial charge in [-0.25, -0.2) is 4.39 Å². The summed E-state index contributed by atoms with van der Waals surface area (Å²) >= 11 is 0. The highest BCUT2D eigenvalue weighted by Crippen LogP contribution is 2.21. The summed E-state index contributed by atoms with van der Waals surface area (Å²) in [7, 11) is 0. The number of halogens is 3. The number of nitrogen functional groups attached to an aromatic ring is 1. The van der Waals surface area contributed by atoms with Gasteiger partial charge in [0.15, 0.2) is 0 Å². The van der Waals surface area contributed by atoms with E-state index < -0.39 is 0 Å². The highest BCUT2D eigenvalue weighted by molar-refractivity contribution is 5.85. The molecular weight excluding hydrogens is 226 g/mol. The molecule has 1 aromatic carbocycles. The molecule has 0 amide bonds. The Morgan fingerprint density at radius 2 is 1.93 bits per heavy atom. The lowest BCUT2D eigenvalue weighted by atomic mass is 10.0. The third-order valence-electron chi connectivity index (χ3n) is 1.89. The molecule has 4 N–H and O–H groups in total. The van der Waals surface area contributed by atoms with Crippen LogP contribution in [0.15, 0.2) is 18.2 Å². The highest BCUT2D eigenvalue weighted by atomic mass is 35.5. The molecule has 82 valence electrons. The maximum absolute atomic E-state index is 12.7. The van der Waals surface area contributed by atoms with Crippen molar-refractivity contribution in [3.05, 3.63) is 29.6 Å². The summed E-state index contributed by atoms with van der Waals surface area (Å²) in [4.78, 5) is 0. The van der Waals surface area contributed by atoms with Crippen molar-refractivity contribution >= 4 is 30.5 Å². The predicted octanol–water partition coefficient (Wildman–Crippen LogP) is 2.66. The number of nitrogens with two attached hydrogens (primary N) is 2. The van der Waals surface area contributed by atoms with Crippen LogP contribution < -0.4 is 11.5 Å². The Bertz CT molecular complexity index is 282. The van der Waals surface area contributed by atoms with Crippen molar-refractivity contribution in [2.24, 2.45) is 5.73 Å². The monoisotopic (exact) mass is 240 g/mol. The third kappa shape index (κ3) is 3.70. The van der Waals surface area contributed by atoms with Gasteiger partial charge in [0.05, 0.1) is 0 Å². The molecule has 0 unspecified atom stereocenters. The van der Waals surface area contributed by atoms with Gasteiger partial charge in [-0.2, -0.15) is 0 Å². The van der Waals surface area contributed by atoms with Crippen LogP contribution in [0.4, 0.5) is 10.1 Å². The molecule has 0 radical (unpaired) electrons. The van der Waals surface area contributed by atoms with E-state index in [2.05, 4.69) is 0 Å². The van der Waals surface area contributed by atoms with E-state index in [0.29, 0.717) is 11.3 Å². The van der Waals surface area contributed by atoms with Crippen molar-refractivity contribution in [1.82, 2.24) is 0 Å². The van der Waals surface area contributed by atoms with Crippen LogP contribution in [0.3, 0.4) is 0 Å². The van der Waals surface area contributed by atoms with E-state index in [0.717, 1.165) is 6.42 Å². The van der Waals surface area contributed by atoms with Crippen LogP contribution in [0.25, 0.3) is 0 Å². The SMILES string of the molecule is CC[C@H](N)c1cc(F)ccc1N.Cl.Cl. The summed E-state index contributed by atoms with van der Waals surface area (Å²) in [5.41, 5.74) is 12.6. The zero-order chi connectivity index (χ0) is 9.14. The lowest BCUT2D eigenvalue weighted by Crippen LogP contribution is -2.11. The average molecular weight is 241 g/mol. The second kappa shape index (κ2) is 6.87. The molecule has 1 aromatic rings. The van der Waals surface area contributed by atoms with Crippen LogP contribution in [0, 0.1) is 5.82 Å². The Kier molecular flexibility index (Phi) is 7.82. The van der Waals surface area contributed by atoms with Gasteiger partial charge in [0, 0.05) is 11.7 Å². The molecule has 0 saturated carbocycles. The van der Waals surface area contributed by atoms with E-state index in [1.807, 2.05) is 6.92 Å². The van der Waals surface area contributed by atoms with Gasteiger partial charge in [-0.3, -0.25) is 0 Å². The minimum absolute atomic E-state index is 0. The van der Waals surface area contributed by atoms with E-state index >= 15 is 0 Å². The predicted molar refractivity (Wildman–Crippen MR) is 62.5 cm³/mol. The van der Waals surface area contributed by atoms with Crippen LogP contribution in [0.2, 0.25) is 0 Å². The fourth-order valence-corrected chi connectivity index (χ4v) is 1.09. The van der Waals surface area contributed by atoms with Crippen molar-refractivity contribution < 1.29 is 4.39 Å². The van der Waals surface area contributed by atoms with E-state index in [1.54, 1.807) is 6.07 Å². The van der Waals surface area contributed by atoms with E-state index in [9.17, 15) is 4.39 Å². The molecular formula is C9H15Cl2FN2. The number of hydrogen-bond donors (Lipinski definition) is 2. The Morgan fingerprint density at radius 1 is 1.36 bits per heavy atom. The molecule has 5 heteroatoms. The topological polar surface area (TPSA) is 52.0 Å². The first kappa shape index (κ1) is 15.9. The molecule has 0 aromatic heterocycles. The van der Waals surface area contributed by atoms with Gasteiger partial charge in [-0.1, -0.05) is 6.92 Å². The van der Waals surface area contributed by atoms with Crippen LogP contribution in [0.5, 0.6) is 0 Å². The summed E-state index contributed by atoms with van der Waals surface area (Å²) in [6.45, 7) is 1.94. The number of benzene rings is 1. The minimum atomic E-state index is -0.289. The Morgan fingerprint density at radius 3 is 2.43 bits per heavy atom. The van der Waals surface area contributed by atoms with Gasteiger partial charge in [-0.05, 0) is 30.2 Å². The van der Waals surface area contributed by atoms with Gasteiger partial charge in [0.1, 0.15) is 5.82 Å². The molecule has 14 heavy (non-hydrogen) atoms. The molecule has 0 spiro atoms. The standard InChI is InChI=1S/C9H13FN2.2ClH/c1-2-8(11)7-5-6(10)3-4-9(7)12;;/h3-5,8H,2,11-12H2,1H3;2*1H/t8-;;/m0../s1. The summed E-state index contributed by atoms with van der Waals surface area (Å²) in [5.74, 6) is -0.289. The van der Waals surface area contributed by atoms with Gasteiger partial charge >= 0.3 is 0 Å². The van der Waals surface area contributed by atoms with E-state index in [4.69, 9.17) is 11.5 Å². The van der Waals surface area contributed by atoms with Gasteiger partial charge in [0.2, 0.25) is 0 Å². The normalized spacial score (nSPS) is 11.1. The lowest BCUT2D eigenvalue weighted by molar-refractivity contribution is 0.617. The first-order valence-electron chi connectivity index (χ1n) is 3.95. The maximum atomic E-state index is 12.7. The number of hydrogen-bond acceptors (Lipinski definition) is 2. The lowest BCUT2D eigenvalue weighted by Gasteiger charge is -2.11. The summed E-state index contributed by atoms with van der Waals surface area (Å²) in [6, 6.07) is 4.10. The first-order chi connectivity index (χ1) is 5.65. The molecule has 0 heterocycles. The van der Waals surface area contributed by atoms with Crippen molar-refractivity contribution in [3.63, 3.8) is 0 Å². The smallest absolute Gasteiger partial charge is 0.123 e. The minimum Gasteiger partial charge on any atom is -0.398 e. The first-order valence-corrected chi connectivity index (χ1v) is 3.95. The molecule has 0 fully saturated rings. The molecule has 0 aliphatic carbocycles. The fourth-order valence-electron chi connectivity index (χ4n) is 1.09. The second-order valence-corrected chi connectivity index (χ2v) is 2.79. The van der Waals surface area contributed by atoms with Gasteiger partial charge in [0.25, 0.3) is 0 Å². The van der Waals surface area contributed by atoms with E-state index in [1.165, 1.54) is 12.1 Å². The summed E-state index contributed by atoms with van der Waals surface area (Å²) < 4.78 is 12.7. The van der Waals surface area contributed by atoms with Crippen LogP contribution in [-0.4, -0.2) is 0 Å². The highest BCUT2D eigenvalue weighted by Gasteiger charge is 2.07. The van der Waals surface area contributed by atoms with Crippen LogP contribution in [0.1, 0.15) is 24.9 Å². The largest absolute Gasteiger partial charge is 0.398 e.